The van der Waals surface area contributed by atoms with Crippen LogP contribution in [0.25, 0.3) is 11.1 Å². The van der Waals surface area contributed by atoms with Crippen molar-refractivity contribution in [2.45, 2.75) is 0 Å². The van der Waals surface area contributed by atoms with Gasteiger partial charge < -0.3 is 9.47 Å². The zero-order chi connectivity index (χ0) is 17.8. The van der Waals surface area contributed by atoms with Gasteiger partial charge in [-0.1, -0.05) is 54.6 Å². The first kappa shape index (κ1) is 15.9. The molecule has 1 amide bonds. The van der Waals surface area contributed by atoms with Crippen LogP contribution in [0.15, 0.2) is 77.9 Å². The van der Waals surface area contributed by atoms with Gasteiger partial charge in [-0.25, -0.2) is 5.43 Å². The molecule has 26 heavy (non-hydrogen) atoms. The molecule has 0 fully saturated rings. The van der Waals surface area contributed by atoms with Crippen molar-refractivity contribution in [2.24, 2.45) is 5.10 Å². The Kier molecular flexibility index (Phi) is 4.35. The molecule has 1 aliphatic rings. The van der Waals surface area contributed by atoms with Crippen LogP contribution >= 0.6 is 0 Å². The summed E-state index contributed by atoms with van der Waals surface area (Å²) in [5, 5.41) is 4.02. The minimum Gasteiger partial charge on any atom is -0.454 e. The van der Waals surface area contributed by atoms with Gasteiger partial charge in [0.15, 0.2) is 11.5 Å². The third kappa shape index (κ3) is 3.42. The number of nitrogens with one attached hydrogen (secondary N) is 1. The average molecular weight is 344 g/mol. The van der Waals surface area contributed by atoms with Crippen LogP contribution in [0, 0.1) is 0 Å². The van der Waals surface area contributed by atoms with E-state index >= 15 is 0 Å². The number of hydrogen-bond donors (Lipinski definition) is 1. The van der Waals surface area contributed by atoms with Crippen LogP contribution < -0.4 is 14.9 Å². The fourth-order valence-corrected chi connectivity index (χ4v) is 2.66. The standard InChI is InChI=1S/C21H16N2O3/c24-21(18-10-11-19-20(12-18)26-14-25-19)23-22-13-15-6-8-17(9-7-15)16-4-2-1-3-5-16/h1-13H,14H2,(H,23,24). The minimum atomic E-state index is -0.305. The van der Waals surface area contributed by atoms with Gasteiger partial charge in [0.2, 0.25) is 6.79 Å². The van der Waals surface area contributed by atoms with E-state index in [4.69, 9.17) is 9.47 Å². The number of hydrogen-bond acceptors (Lipinski definition) is 4. The zero-order valence-corrected chi connectivity index (χ0v) is 13.9. The Morgan fingerprint density at radius 2 is 1.62 bits per heavy atom. The quantitative estimate of drug-likeness (QED) is 0.578. The summed E-state index contributed by atoms with van der Waals surface area (Å²) in [6.45, 7) is 0.178. The molecule has 0 unspecified atom stereocenters. The van der Waals surface area contributed by atoms with Gasteiger partial charge in [-0.2, -0.15) is 5.10 Å². The predicted octanol–water partition coefficient (Wildman–Crippen LogP) is 3.85. The maximum absolute atomic E-state index is 12.2. The number of carbonyl (C=O) groups excluding carboxylic acids is 1. The molecule has 1 N–H and O–H groups in total. The molecule has 1 aliphatic heterocycles. The predicted molar refractivity (Wildman–Crippen MR) is 99.5 cm³/mol. The van der Waals surface area contributed by atoms with E-state index < -0.39 is 0 Å². The Bertz CT molecular complexity index is 951. The summed E-state index contributed by atoms with van der Waals surface area (Å²) >= 11 is 0. The van der Waals surface area contributed by atoms with Crippen molar-refractivity contribution < 1.29 is 14.3 Å². The number of rotatable bonds is 4. The molecule has 5 nitrogen and oxygen atoms in total. The van der Waals surface area contributed by atoms with Gasteiger partial charge in [-0.15, -0.1) is 0 Å². The lowest BCUT2D eigenvalue weighted by Crippen LogP contribution is -2.17. The largest absolute Gasteiger partial charge is 0.454 e. The molecule has 0 bridgehead atoms. The van der Waals surface area contributed by atoms with Gasteiger partial charge >= 0.3 is 0 Å². The van der Waals surface area contributed by atoms with Gasteiger partial charge in [0.25, 0.3) is 5.91 Å². The summed E-state index contributed by atoms with van der Waals surface area (Å²) in [5.74, 6) is 0.905. The molecule has 5 heteroatoms. The maximum Gasteiger partial charge on any atom is 0.271 e. The third-order valence-corrected chi connectivity index (χ3v) is 4.03. The van der Waals surface area contributed by atoms with E-state index in [0.29, 0.717) is 17.1 Å². The van der Waals surface area contributed by atoms with E-state index in [1.807, 2.05) is 42.5 Å². The highest BCUT2D eigenvalue weighted by Gasteiger charge is 2.15. The molecule has 0 radical (unpaired) electrons. The monoisotopic (exact) mass is 344 g/mol. The van der Waals surface area contributed by atoms with E-state index in [2.05, 4.69) is 22.7 Å². The number of amides is 1. The van der Waals surface area contributed by atoms with Gasteiger partial charge in [0, 0.05) is 5.56 Å². The first-order valence-electron chi connectivity index (χ1n) is 8.18. The van der Waals surface area contributed by atoms with Gasteiger partial charge in [0.1, 0.15) is 0 Å². The number of nitrogens with zero attached hydrogens (tertiary/aromatic N) is 1. The van der Waals surface area contributed by atoms with E-state index in [0.717, 1.165) is 16.7 Å². The highest BCUT2D eigenvalue weighted by Crippen LogP contribution is 2.32. The van der Waals surface area contributed by atoms with Crippen LogP contribution in [-0.4, -0.2) is 18.9 Å². The molecule has 0 saturated carbocycles. The molecular formula is C21H16N2O3. The van der Waals surface area contributed by atoms with Gasteiger partial charge in [0.05, 0.1) is 6.21 Å². The first-order valence-corrected chi connectivity index (χ1v) is 8.18. The van der Waals surface area contributed by atoms with Crippen molar-refractivity contribution in [1.82, 2.24) is 5.43 Å². The lowest BCUT2D eigenvalue weighted by Gasteiger charge is -2.03. The highest BCUT2D eigenvalue weighted by molar-refractivity contribution is 5.95. The van der Waals surface area contributed by atoms with Crippen molar-refractivity contribution in [1.29, 1.82) is 0 Å². The SMILES string of the molecule is O=C(NN=Cc1ccc(-c2ccccc2)cc1)c1ccc2c(c1)OCO2. The maximum atomic E-state index is 12.2. The number of ether oxygens (including phenoxy) is 2. The van der Waals surface area contributed by atoms with Crippen LogP contribution in [0.2, 0.25) is 0 Å². The van der Waals surface area contributed by atoms with Crippen molar-refractivity contribution in [3.05, 3.63) is 83.9 Å². The van der Waals surface area contributed by atoms with Crippen molar-refractivity contribution >= 4 is 12.1 Å². The van der Waals surface area contributed by atoms with Gasteiger partial charge in [-0.05, 0) is 34.9 Å². The van der Waals surface area contributed by atoms with Crippen molar-refractivity contribution in [3.8, 4) is 22.6 Å². The summed E-state index contributed by atoms with van der Waals surface area (Å²) < 4.78 is 10.5. The van der Waals surface area contributed by atoms with Crippen LogP contribution in [0.4, 0.5) is 0 Å². The number of benzene rings is 3. The van der Waals surface area contributed by atoms with E-state index in [1.54, 1.807) is 24.4 Å². The molecule has 3 aromatic carbocycles. The summed E-state index contributed by atoms with van der Waals surface area (Å²) in [7, 11) is 0. The average Bonchev–Trinajstić information content (AvgIpc) is 3.17. The molecule has 4 rings (SSSR count). The Balaban J connectivity index is 1.40. The third-order valence-electron chi connectivity index (χ3n) is 4.03. The molecule has 3 aromatic rings. The molecular weight excluding hydrogens is 328 g/mol. The fraction of sp³-hybridized carbons (Fsp3) is 0.0476. The summed E-state index contributed by atoms with van der Waals surface area (Å²) in [4.78, 5) is 12.2. The second kappa shape index (κ2) is 7.11. The number of hydrazone groups is 1. The van der Waals surface area contributed by atoms with Crippen molar-refractivity contribution in [3.63, 3.8) is 0 Å². The Labute approximate surface area is 150 Å². The Morgan fingerprint density at radius 3 is 2.42 bits per heavy atom. The molecule has 0 spiro atoms. The lowest BCUT2D eigenvalue weighted by molar-refractivity contribution is 0.0954. The van der Waals surface area contributed by atoms with Crippen molar-refractivity contribution in [2.75, 3.05) is 6.79 Å². The van der Waals surface area contributed by atoms with Crippen LogP contribution in [-0.2, 0) is 0 Å². The number of carbonyl (C=O) groups is 1. The Hall–Kier alpha value is -3.60. The summed E-state index contributed by atoms with van der Waals surface area (Å²) in [6.07, 6.45) is 1.61. The summed E-state index contributed by atoms with van der Waals surface area (Å²) in [6, 6.07) is 23.1. The lowest BCUT2D eigenvalue weighted by atomic mass is 10.0. The second-order valence-electron chi connectivity index (χ2n) is 5.76. The topological polar surface area (TPSA) is 59.9 Å². The summed E-state index contributed by atoms with van der Waals surface area (Å²) in [5.41, 5.74) is 6.17. The zero-order valence-electron chi connectivity index (χ0n) is 13.9. The van der Waals surface area contributed by atoms with E-state index in [9.17, 15) is 4.79 Å². The van der Waals surface area contributed by atoms with E-state index in [1.165, 1.54) is 0 Å². The minimum absolute atomic E-state index is 0.178. The molecule has 0 saturated heterocycles. The smallest absolute Gasteiger partial charge is 0.271 e. The fourth-order valence-electron chi connectivity index (χ4n) is 2.66. The van der Waals surface area contributed by atoms with E-state index in [-0.39, 0.29) is 12.7 Å². The molecule has 0 aliphatic carbocycles. The van der Waals surface area contributed by atoms with Gasteiger partial charge in [-0.3, -0.25) is 4.79 Å². The first-order chi connectivity index (χ1) is 12.8. The molecule has 0 aromatic heterocycles. The molecule has 0 atom stereocenters. The highest BCUT2D eigenvalue weighted by atomic mass is 16.7. The Morgan fingerprint density at radius 1 is 0.885 bits per heavy atom. The van der Waals surface area contributed by atoms with Crippen LogP contribution in [0.5, 0.6) is 11.5 Å². The molecule has 128 valence electrons. The number of fused-ring (bicyclic) bond motifs is 1. The second-order valence-corrected chi connectivity index (χ2v) is 5.76. The normalized spacial score (nSPS) is 12.3. The van der Waals surface area contributed by atoms with Crippen LogP contribution in [0.1, 0.15) is 15.9 Å². The van der Waals surface area contributed by atoms with Crippen LogP contribution in [0.3, 0.4) is 0 Å². The molecule has 1 heterocycles.